The van der Waals surface area contributed by atoms with Crippen molar-refractivity contribution in [1.29, 1.82) is 5.26 Å². The lowest BCUT2D eigenvalue weighted by atomic mass is 9.63. The predicted molar refractivity (Wildman–Crippen MR) is 180 cm³/mol. The maximum Gasteiger partial charge on any atom is 0.338 e. The highest BCUT2D eigenvalue weighted by Gasteiger charge is 2.54. The molecule has 260 valence electrons. The van der Waals surface area contributed by atoms with Gasteiger partial charge >= 0.3 is 11.9 Å². The summed E-state index contributed by atoms with van der Waals surface area (Å²) in [5.41, 5.74) is 6.11. The fraction of sp³-hybridized carbons (Fsp3) is 0.459. The van der Waals surface area contributed by atoms with Crippen LogP contribution in [0.25, 0.3) is 10.9 Å². The first-order chi connectivity index (χ1) is 23.8. The number of aromatic nitrogens is 1. The van der Waals surface area contributed by atoms with Crippen LogP contribution in [-0.2, 0) is 25.4 Å². The summed E-state index contributed by atoms with van der Waals surface area (Å²) in [6, 6.07) is 11.1. The second kappa shape index (κ2) is 15.5. The second-order valence-corrected chi connectivity index (χ2v) is 12.2. The Balaban J connectivity index is 0.000000874. The highest BCUT2D eigenvalue weighted by atomic mass is 16.6. The fourth-order valence-corrected chi connectivity index (χ4v) is 7.81. The molecule has 12 heteroatoms. The highest BCUT2D eigenvalue weighted by Crippen LogP contribution is 2.51. The molecule has 0 spiro atoms. The third kappa shape index (κ3) is 6.83. The Morgan fingerprint density at radius 1 is 1.00 bits per heavy atom. The van der Waals surface area contributed by atoms with Gasteiger partial charge in [0.05, 0.1) is 65.2 Å². The molecule has 49 heavy (non-hydrogen) atoms. The van der Waals surface area contributed by atoms with Gasteiger partial charge in [-0.25, -0.2) is 4.79 Å². The van der Waals surface area contributed by atoms with Crippen molar-refractivity contribution >= 4 is 22.8 Å². The van der Waals surface area contributed by atoms with Gasteiger partial charge in [0.2, 0.25) is 5.75 Å². The molecule has 1 aliphatic carbocycles. The van der Waals surface area contributed by atoms with Gasteiger partial charge in [-0.2, -0.15) is 5.26 Å². The molecule has 2 fully saturated rings. The normalized spacial score (nSPS) is 23.9. The first-order valence-corrected chi connectivity index (χ1v) is 16.0. The van der Waals surface area contributed by atoms with Gasteiger partial charge in [-0.05, 0) is 60.9 Å². The van der Waals surface area contributed by atoms with Gasteiger partial charge in [0, 0.05) is 42.9 Å². The number of fused-ring (bicyclic) bond motifs is 6. The number of hydrogen-bond donors (Lipinski definition) is 1. The van der Waals surface area contributed by atoms with Crippen LogP contribution in [-0.4, -0.2) is 89.8 Å². The summed E-state index contributed by atoms with van der Waals surface area (Å²) in [6.45, 7) is 4.83. The Kier molecular flexibility index (Phi) is 11.2. The molecule has 3 aromatic rings. The number of carbonyl (C=O) groups is 2. The largest absolute Gasteiger partial charge is 0.497 e. The average Bonchev–Trinajstić information content (AvgIpc) is 3.51. The summed E-state index contributed by atoms with van der Waals surface area (Å²) in [7, 11) is 9.10. The van der Waals surface area contributed by atoms with Gasteiger partial charge in [-0.1, -0.05) is 6.58 Å². The SMILES string of the molecule is C=C=CC#N.COC(=O)[C@H]1[C@H]2C[C@@H]3c4[nH]c5cc(OC)ccc5c4CCN3C[C@H]2C[C@@H](OC(=O)c2cc(OC)c(OC)c(OC)c2)[C@@H]1OC. The molecule has 1 aromatic heterocycles. The number of rotatable bonds is 8. The zero-order chi connectivity index (χ0) is 35.2. The number of nitriles is 1. The molecule has 3 heterocycles. The molecule has 12 nitrogen and oxygen atoms in total. The van der Waals surface area contributed by atoms with E-state index in [4.69, 9.17) is 38.4 Å². The third-order valence-electron chi connectivity index (χ3n) is 9.93. The summed E-state index contributed by atoms with van der Waals surface area (Å²) in [5.74, 6) is 0.441. The van der Waals surface area contributed by atoms with E-state index in [0.717, 1.165) is 37.2 Å². The van der Waals surface area contributed by atoms with Gasteiger partial charge < -0.3 is 38.1 Å². The molecular weight excluding hydrogens is 630 g/mol. The minimum Gasteiger partial charge on any atom is -0.497 e. The highest BCUT2D eigenvalue weighted by molar-refractivity contribution is 5.91. The van der Waals surface area contributed by atoms with Crippen molar-refractivity contribution in [3.8, 4) is 29.1 Å². The van der Waals surface area contributed by atoms with Crippen molar-refractivity contribution in [1.82, 2.24) is 9.88 Å². The summed E-state index contributed by atoms with van der Waals surface area (Å²) in [4.78, 5) is 33.1. The van der Waals surface area contributed by atoms with E-state index in [2.05, 4.69) is 28.3 Å². The monoisotopic (exact) mass is 673 g/mol. The van der Waals surface area contributed by atoms with Gasteiger partial charge in [0.25, 0.3) is 0 Å². The summed E-state index contributed by atoms with van der Waals surface area (Å²) >= 11 is 0. The number of nitrogens with one attached hydrogen (secondary N) is 1. The van der Waals surface area contributed by atoms with E-state index in [1.165, 1.54) is 51.2 Å². The van der Waals surface area contributed by atoms with E-state index in [1.807, 2.05) is 12.1 Å². The van der Waals surface area contributed by atoms with Gasteiger partial charge in [-0.15, -0.1) is 5.73 Å². The second-order valence-electron chi connectivity index (χ2n) is 12.2. The van der Waals surface area contributed by atoms with Gasteiger partial charge in [0.15, 0.2) is 11.5 Å². The summed E-state index contributed by atoms with van der Waals surface area (Å²) in [6.07, 6.45) is 2.11. The summed E-state index contributed by atoms with van der Waals surface area (Å²) < 4.78 is 39.1. The fourth-order valence-electron chi connectivity index (χ4n) is 7.81. The van der Waals surface area contributed by atoms with Crippen molar-refractivity contribution in [2.45, 2.75) is 37.5 Å². The zero-order valence-electron chi connectivity index (χ0n) is 28.7. The first kappa shape index (κ1) is 35.4. The number of esters is 2. The van der Waals surface area contributed by atoms with Crippen LogP contribution < -0.4 is 18.9 Å². The van der Waals surface area contributed by atoms with Crippen molar-refractivity contribution in [2.24, 2.45) is 17.8 Å². The van der Waals surface area contributed by atoms with E-state index in [1.54, 1.807) is 32.4 Å². The molecule has 0 bridgehead atoms. The number of aromatic amines is 1. The van der Waals surface area contributed by atoms with Gasteiger partial charge in [0.1, 0.15) is 18.0 Å². The molecule has 3 aliphatic rings. The van der Waals surface area contributed by atoms with Crippen LogP contribution in [0.3, 0.4) is 0 Å². The number of nitrogens with zero attached hydrogens (tertiary/aromatic N) is 2. The van der Waals surface area contributed by atoms with Crippen LogP contribution in [0.2, 0.25) is 0 Å². The Morgan fingerprint density at radius 2 is 1.73 bits per heavy atom. The Bertz CT molecular complexity index is 1750. The number of piperidine rings is 1. The summed E-state index contributed by atoms with van der Waals surface area (Å²) in [5, 5.41) is 8.87. The van der Waals surface area contributed by atoms with Crippen LogP contribution >= 0.6 is 0 Å². The number of allylic oxidation sites excluding steroid dienone is 1. The van der Waals surface area contributed by atoms with Crippen LogP contribution in [0.4, 0.5) is 0 Å². The standard InChI is InChI=1S/C33H40N2O9.C4H3N/c1-38-19-7-8-20-21-9-10-35-16-18-13-27(44-32(36)17-11-25(39-2)30(41-4)26(12-17)40-3)31(42-5)28(33(37)43-6)22(18)15-24(35)29(21)34-23(20)14-19;1-2-3-4-5/h7-8,11-12,14,18,22,24,27-28,31,34H,9-10,13,15-16H2,1-6H3;3H,1H2/t18-,22+,24-,27-,28+,31+;/m1./s1. The van der Waals surface area contributed by atoms with Crippen LogP contribution in [0.15, 0.2) is 48.7 Å². The number of carbonyl (C=O) groups excluding carboxylic acids is 2. The molecule has 2 aliphatic heterocycles. The average molecular weight is 674 g/mol. The zero-order valence-corrected chi connectivity index (χ0v) is 28.7. The number of H-pyrrole nitrogens is 1. The van der Waals surface area contributed by atoms with E-state index in [9.17, 15) is 9.59 Å². The van der Waals surface area contributed by atoms with Crippen molar-refractivity contribution in [3.05, 3.63) is 65.5 Å². The smallest absolute Gasteiger partial charge is 0.338 e. The molecule has 1 saturated heterocycles. The number of methoxy groups -OCH3 is 6. The molecule has 1 saturated carbocycles. The van der Waals surface area contributed by atoms with Gasteiger partial charge in [-0.3, -0.25) is 9.69 Å². The minimum absolute atomic E-state index is 0.0170. The quantitative estimate of drug-likeness (QED) is 0.196. The lowest BCUT2D eigenvalue weighted by molar-refractivity contribution is -0.176. The maximum absolute atomic E-state index is 13.5. The molecule has 0 amide bonds. The molecule has 6 rings (SSSR count). The lowest BCUT2D eigenvalue weighted by Gasteiger charge is -2.52. The topological polar surface area (TPSA) is 142 Å². The predicted octanol–water partition coefficient (Wildman–Crippen LogP) is 5.02. The molecule has 2 aromatic carbocycles. The van der Waals surface area contributed by atoms with Crippen molar-refractivity contribution < 1.29 is 42.7 Å². The van der Waals surface area contributed by atoms with Crippen molar-refractivity contribution in [3.63, 3.8) is 0 Å². The van der Waals surface area contributed by atoms with E-state index < -0.39 is 24.1 Å². The Morgan fingerprint density at radius 3 is 2.31 bits per heavy atom. The van der Waals surface area contributed by atoms with Crippen LogP contribution in [0, 0.1) is 29.1 Å². The number of ether oxygens (including phenoxy) is 7. The van der Waals surface area contributed by atoms with E-state index in [-0.39, 0.29) is 29.4 Å². The van der Waals surface area contributed by atoms with Crippen LogP contribution in [0.1, 0.15) is 40.5 Å². The van der Waals surface area contributed by atoms with E-state index >= 15 is 0 Å². The minimum atomic E-state index is -0.670. The lowest BCUT2D eigenvalue weighted by Crippen LogP contribution is -2.58. The Labute approximate surface area is 286 Å². The molecular formula is C37H43N3O9. The molecule has 1 N–H and O–H groups in total. The number of benzene rings is 2. The van der Waals surface area contributed by atoms with E-state index in [0.29, 0.717) is 23.7 Å². The molecule has 0 radical (unpaired) electrons. The molecule has 0 unspecified atom stereocenters. The molecule has 6 atom stereocenters. The number of hydrogen-bond acceptors (Lipinski definition) is 11. The Hall–Kier alpha value is -4.95. The first-order valence-electron chi connectivity index (χ1n) is 16.0. The van der Waals surface area contributed by atoms with Crippen molar-refractivity contribution in [2.75, 3.05) is 55.7 Å². The van der Waals surface area contributed by atoms with Crippen LogP contribution in [0.5, 0.6) is 23.0 Å². The maximum atomic E-state index is 13.5. The third-order valence-corrected chi connectivity index (χ3v) is 9.93.